The number of anilines is 2. The summed E-state index contributed by atoms with van der Waals surface area (Å²) >= 11 is 14.6. The predicted octanol–water partition coefficient (Wildman–Crippen LogP) is 9.93. The fourth-order valence-electron chi connectivity index (χ4n) is 3.64. The van der Waals surface area contributed by atoms with Gasteiger partial charge in [-0.1, -0.05) is 78.8 Å². The Bertz CT molecular complexity index is 1430. The maximum Gasteiger partial charge on any atom is 0.272 e. The molecule has 2 aromatic carbocycles. The number of halogens is 3. The lowest BCUT2D eigenvalue weighted by molar-refractivity contribution is 0.0522. The molecular weight excluding hydrogens is 662 g/mol. The van der Waals surface area contributed by atoms with Crippen LogP contribution in [0.5, 0.6) is 0 Å². The van der Waals surface area contributed by atoms with Gasteiger partial charge < -0.3 is 26.0 Å². The van der Waals surface area contributed by atoms with Crippen molar-refractivity contribution in [2.75, 3.05) is 17.2 Å². The Kier molecular flexibility index (Phi) is 14.7. The zero-order chi connectivity index (χ0) is 33.0. The van der Waals surface area contributed by atoms with Crippen molar-refractivity contribution in [3.05, 3.63) is 105 Å². The van der Waals surface area contributed by atoms with E-state index in [9.17, 15) is 8.78 Å². The van der Waals surface area contributed by atoms with Gasteiger partial charge in [-0.05, 0) is 93.8 Å². The summed E-state index contributed by atoms with van der Waals surface area (Å²) in [7, 11) is 0. The Morgan fingerprint density at radius 2 is 1.66 bits per heavy atom. The molecule has 0 saturated heterocycles. The molecule has 0 aromatic heterocycles. The molecule has 0 heterocycles. The van der Waals surface area contributed by atoms with E-state index in [2.05, 4.69) is 76.2 Å². The number of alkyl halides is 2. The number of allylic oxidation sites excluding steroid dienone is 3. The van der Waals surface area contributed by atoms with Crippen LogP contribution in [0.3, 0.4) is 0 Å². The predicted molar refractivity (Wildman–Crippen MR) is 193 cm³/mol. The number of rotatable bonds is 13. The first-order valence-electron chi connectivity index (χ1n) is 14.2. The van der Waals surface area contributed by atoms with E-state index in [-0.39, 0.29) is 11.2 Å². The van der Waals surface area contributed by atoms with Crippen LogP contribution in [-0.4, -0.2) is 23.0 Å². The maximum absolute atomic E-state index is 13.2. The highest BCUT2D eigenvalue weighted by Crippen LogP contribution is 2.22. The third kappa shape index (κ3) is 12.9. The average molecular weight is 706 g/mol. The molecule has 0 aliphatic carbocycles. The van der Waals surface area contributed by atoms with Crippen LogP contribution in [0.1, 0.15) is 59.6 Å². The van der Waals surface area contributed by atoms with Gasteiger partial charge in [-0.15, -0.1) is 0 Å². The SMILES string of the molecule is CC(C)=C/C(C(=S)Nc1ccc(Br)cc1)=C(\C=C\NC(Nc1cc(CNC(=S)C(C)(C)C)ccc1C)=C(C)C)OCC(F)F. The quantitative estimate of drug-likeness (QED) is 0.0717. The van der Waals surface area contributed by atoms with Crippen molar-refractivity contribution in [3.8, 4) is 0 Å². The van der Waals surface area contributed by atoms with Crippen molar-refractivity contribution in [1.82, 2.24) is 10.6 Å². The number of hydrogen-bond acceptors (Lipinski definition) is 5. The average Bonchev–Trinajstić information content (AvgIpc) is 2.93. The van der Waals surface area contributed by atoms with E-state index in [1.54, 1.807) is 12.3 Å². The number of aryl methyl sites for hydroxylation is 1. The first-order valence-corrected chi connectivity index (χ1v) is 15.8. The van der Waals surface area contributed by atoms with E-state index < -0.39 is 13.0 Å². The van der Waals surface area contributed by atoms with Gasteiger partial charge in [0.2, 0.25) is 0 Å². The number of ether oxygens (including phenoxy) is 1. The third-order valence-corrected chi connectivity index (χ3v) is 7.68. The molecule has 0 bridgehead atoms. The number of nitrogens with one attached hydrogen (secondary N) is 4. The zero-order valence-corrected chi connectivity index (χ0v) is 29.8. The largest absolute Gasteiger partial charge is 0.487 e. The summed E-state index contributed by atoms with van der Waals surface area (Å²) in [5.74, 6) is 0.952. The van der Waals surface area contributed by atoms with Crippen LogP contribution in [0, 0.1) is 12.3 Å². The van der Waals surface area contributed by atoms with Crippen molar-refractivity contribution < 1.29 is 13.5 Å². The number of hydrogen-bond donors (Lipinski definition) is 4. The first kappa shape index (κ1) is 37.1. The molecule has 0 fully saturated rings. The monoisotopic (exact) mass is 704 g/mol. The highest BCUT2D eigenvalue weighted by atomic mass is 79.9. The van der Waals surface area contributed by atoms with Gasteiger partial charge in [0.25, 0.3) is 6.43 Å². The van der Waals surface area contributed by atoms with Gasteiger partial charge in [0.05, 0.1) is 10.6 Å². The minimum atomic E-state index is -2.65. The van der Waals surface area contributed by atoms with Gasteiger partial charge >= 0.3 is 0 Å². The molecule has 2 rings (SSSR count). The van der Waals surface area contributed by atoms with Crippen LogP contribution in [0.25, 0.3) is 0 Å². The second-order valence-corrected chi connectivity index (χ2v) is 13.5. The van der Waals surface area contributed by atoms with E-state index in [1.807, 2.05) is 65.0 Å². The maximum atomic E-state index is 13.2. The summed E-state index contributed by atoms with van der Waals surface area (Å²) in [5.41, 5.74) is 6.13. The Morgan fingerprint density at radius 3 is 2.23 bits per heavy atom. The molecule has 0 amide bonds. The first-order chi connectivity index (χ1) is 20.6. The number of benzene rings is 2. The van der Waals surface area contributed by atoms with Gasteiger partial charge in [0, 0.05) is 34.0 Å². The topological polar surface area (TPSA) is 57.3 Å². The fourth-order valence-corrected chi connectivity index (χ4v) is 4.25. The van der Waals surface area contributed by atoms with Gasteiger partial charge in [-0.3, -0.25) is 0 Å². The van der Waals surface area contributed by atoms with E-state index in [0.717, 1.165) is 48.9 Å². The molecule has 0 atom stereocenters. The van der Waals surface area contributed by atoms with Gasteiger partial charge in [-0.25, -0.2) is 8.78 Å². The van der Waals surface area contributed by atoms with E-state index in [4.69, 9.17) is 29.2 Å². The van der Waals surface area contributed by atoms with Crippen molar-refractivity contribution in [3.63, 3.8) is 0 Å². The molecule has 0 aliphatic heterocycles. The third-order valence-electron chi connectivity index (χ3n) is 6.07. The van der Waals surface area contributed by atoms with Crippen LogP contribution in [-0.2, 0) is 11.3 Å². The van der Waals surface area contributed by atoms with Crippen LogP contribution < -0.4 is 21.3 Å². The summed E-state index contributed by atoms with van der Waals surface area (Å²) in [6, 6.07) is 13.7. The highest BCUT2D eigenvalue weighted by molar-refractivity contribution is 9.10. The van der Waals surface area contributed by atoms with Crippen LogP contribution in [0.4, 0.5) is 20.2 Å². The smallest absolute Gasteiger partial charge is 0.272 e. The molecule has 10 heteroatoms. The van der Waals surface area contributed by atoms with Gasteiger partial charge in [0.1, 0.15) is 23.2 Å². The molecule has 0 spiro atoms. The normalized spacial score (nSPS) is 11.9. The minimum absolute atomic E-state index is 0.108. The van der Waals surface area contributed by atoms with Crippen molar-refractivity contribution >= 4 is 61.7 Å². The fraction of sp³-hybridized carbons (Fsp3) is 0.353. The lowest BCUT2D eigenvalue weighted by atomic mass is 9.96. The summed E-state index contributed by atoms with van der Waals surface area (Å²) in [6.45, 7) is 15.9. The molecule has 0 radical (unpaired) electrons. The van der Waals surface area contributed by atoms with Crippen molar-refractivity contribution in [2.45, 2.75) is 68.4 Å². The van der Waals surface area contributed by atoms with Gasteiger partial charge in [0.15, 0.2) is 0 Å². The second kappa shape index (κ2) is 17.4. The Hall–Kier alpha value is -3.08. The lowest BCUT2D eigenvalue weighted by Gasteiger charge is -2.22. The Labute approximate surface area is 280 Å². The molecule has 44 heavy (non-hydrogen) atoms. The molecule has 0 unspecified atom stereocenters. The highest BCUT2D eigenvalue weighted by Gasteiger charge is 2.17. The Balaban J connectivity index is 2.35. The molecular formula is C34H43BrF2N4OS2. The molecule has 0 saturated carbocycles. The number of thiocarbonyl (C=S) groups is 2. The lowest BCUT2D eigenvalue weighted by Crippen LogP contribution is -2.32. The molecule has 0 aliphatic rings. The van der Waals surface area contributed by atoms with Crippen LogP contribution >= 0.6 is 40.4 Å². The summed E-state index contributed by atoms with van der Waals surface area (Å²) in [4.78, 5) is 1.15. The summed E-state index contributed by atoms with van der Waals surface area (Å²) < 4.78 is 33.0. The van der Waals surface area contributed by atoms with Crippen molar-refractivity contribution in [1.29, 1.82) is 0 Å². The van der Waals surface area contributed by atoms with E-state index >= 15 is 0 Å². The van der Waals surface area contributed by atoms with Crippen molar-refractivity contribution in [2.24, 2.45) is 5.41 Å². The van der Waals surface area contributed by atoms with E-state index in [0.29, 0.717) is 17.1 Å². The van der Waals surface area contributed by atoms with Gasteiger partial charge in [-0.2, -0.15) is 0 Å². The molecule has 238 valence electrons. The summed E-state index contributed by atoms with van der Waals surface area (Å²) in [6.07, 6.45) is 2.43. The minimum Gasteiger partial charge on any atom is -0.487 e. The standard InChI is InChI=1S/C34H43BrF2N4OS2/c1-21(2)17-27(32(43)40-26-13-11-25(35)12-14-26)29(42-20-30(36)37)15-16-38-31(22(3)4)41-28-18-24(10-9-23(28)5)19-39-33(44)34(6,7)8/h9-18,30,38,41H,19-20H2,1-8H3,(H,39,44)(H,40,43)/b16-15+,29-27-. The molecule has 4 N–H and O–H groups in total. The Morgan fingerprint density at radius 1 is 1.00 bits per heavy atom. The van der Waals surface area contributed by atoms with E-state index in [1.165, 1.54) is 0 Å². The molecule has 2 aromatic rings. The second-order valence-electron chi connectivity index (χ2n) is 11.7. The zero-order valence-electron chi connectivity index (χ0n) is 26.6. The van der Waals surface area contributed by atoms with Crippen LogP contribution in [0.2, 0.25) is 0 Å². The summed E-state index contributed by atoms with van der Waals surface area (Å²) in [5, 5.41) is 13.3. The van der Waals surface area contributed by atoms with Crippen LogP contribution in [0.15, 0.2) is 93.6 Å². The molecule has 5 nitrogen and oxygen atoms in total.